The minimum atomic E-state index is 0.643. The number of nitrogens with zero attached hydrogens (tertiary/aromatic N) is 3. The first-order valence-electron chi connectivity index (χ1n) is 6.57. The number of ether oxygens (including phenoxy) is 1. The van der Waals surface area contributed by atoms with E-state index < -0.39 is 0 Å². The standard InChI is InChI=1S/C13H24ClN3O/c1-4-12-10-13(17(5-2)15-12)11-16(7-6-14)8-9-18-3/h10H,4-9,11H2,1-3H3. The predicted octanol–water partition coefficient (Wildman–Crippen LogP) is 2.15. The van der Waals surface area contributed by atoms with Crippen LogP contribution in [-0.4, -0.2) is 47.4 Å². The molecule has 0 spiro atoms. The lowest BCUT2D eigenvalue weighted by atomic mass is 10.3. The average Bonchev–Trinajstić information content (AvgIpc) is 2.78. The van der Waals surface area contributed by atoms with Crippen molar-refractivity contribution in [3.8, 4) is 0 Å². The van der Waals surface area contributed by atoms with Gasteiger partial charge in [-0.15, -0.1) is 11.6 Å². The molecule has 0 fully saturated rings. The van der Waals surface area contributed by atoms with Crippen molar-refractivity contribution in [1.29, 1.82) is 0 Å². The summed E-state index contributed by atoms with van der Waals surface area (Å²) in [5, 5.41) is 4.57. The first kappa shape index (κ1) is 15.5. The average molecular weight is 274 g/mol. The van der Waals surface area contributed by atoms with Crippen LogP contribution >= 0.6 is 11.6 Å². The summed E-state index contributed by atoms with van der Waals surface area (Å²) in [7, 11) is 1.73. The molecule has 5 heteroatoms. The maximum Gasteiger partial charge on any atom is 0.0625 e. The van der Waals surface area contributed by atoms with Gasteiger partial charge in [-0.25, -0.2) is 0 Å². The fraction of sp³-hybridized carbons (Fsp3) is 0.769. The van der Waals surface area contributed by atoms with Crippen LogP contribution in [0.4, 0.5) is 0 Å². The molecule has 104 valence electrons. The first-order chi connectivity index (χ1) is 8.74. The molecular formula is C13H24ClN3O. The molecule has 0 unspecified atom stereocenters. The van der Waals surface area contributed by atoms with Crippen LogP contribution in [0.25, 0.3) is 0 Å². The van der Waals surface area contributed by atoms with Gasteiger partial charge >= 0.3 is 0 Å². The third-order valence-electron chi connectivity index (χ3n) is 2.97. The highest BCUT2D eigenvalue weighted by Crippen LogP contribution is 2.09. The second-order valence-electron chi connectivity index (χ2n) is 4.25. The smallest absolute Gasteiger partial charge is 0.0625 e. The summed E-state index contributed by atoms with van der Waals surface area (Å²) in [6.07, 6.45) is 0.980. The van der Waals surface area contributed by atoms with Gasteiger partial charge in [0.15, 0.2) is 0 Å². The van der Waals surface area contributed by atoms with E-state index in [9.17, 15) is 0 Å². The van der Waals surface area contributed by atoms with Crippen molar-refractivity contribution < 1.29 is 4.74 Å². The number of methoxy groups -OCH3 is 1. The predicted molar refractivity (Wildman–Crippen MR) is 75.2 cm³/mol. The number of rotatable bonds is 9. The lowest BCUT2D eigenvalue weighted by molar-refractivity contribution is 0.146. The van der Waals surface area contributed by atoms with Gasteiger partial charge in [-0.3, -0.25) is 9.58 Å². The number of aryl methyl sites for hydroxylation is 2. The van der Waals surface area contributed by atoms with Gasteiger partial charge in [0.1, 0.15) is 0 Å². The van der Waals surface area contributed by atoms with Gasteiger partial charge in [0, 0.05) is 39.2 Å². The molecule has 0 bridgehead atoms. The normalized spacial score (nSPS) is 11.4. The molecule has 18 heavy (non-hydrogen) atoms. The van der Waals surface area contributed by atoms with Crippen LogP contribution in [0.1, 0.15) is 25.2 Å². The van der Waals surface area contributed by atoms with Crippen LogP contribution in [0.5, 0.6) is 0 Å². The van der Waals surface area contributed by atoms with Gasteiger partial charge in [0.05, 0.1) is 18.0 Å². The fourth-order valence-electron chi connectivity index (χ4n) is 1.93. The van der Waals surface area contributed by atoms with Crippen LogP contribution in [0.15, 0.2) is 6.07 Å². The fourth-order valence-corrected chi connectivity index (χ4v) is 2.17. The van der Waals surface area contributed by atoms with E-state index in [0.717, 1.165) is 44.9 Å². The molecule has 4 nitrogen and oxygen atoms in total. The summed E-state index contributed by atoms with van der Waals surface area (Å²) in [6.45, 7) is 8.56. The van der Waals surface area contributed by atoms with Crippen molar-refractivity contribution in [1.82, 2.24) is 14.7 Å². The van der Waals surface area contributed by atoms with Crippen LogP contribution in [0.3, 0.4) is 0 Å². The second kappa shape index (κ2) is 8.51. The van der Waals surface area contributed by atoms with E-state index in [0.29, 0.717) is 5.88 Å². The van der Waals surface area contributed by atoms with E-state index in [4.69, 9.17) is 16.3 Å². The number of hydrogen-bond donors (Lipinski definition) is 0. The van der Waals surface area contributed by atoms with Gasteiger partial charge in [-0.1, -0.05) is 6.92 Å². The molecule has 0 amide bonds. The van der Waals surface area contributed by atoms with Crippen molar-refractivity contribution in [3.63, 3.8) is 0 Å². The van der Waals surface area contributed by atoms with E-state index >= 15 is 0 Å². The lowest BCUT2D eigenvalue weighted by Gasteiger charge is -2.20. The van der Waals surface area contributed by atoms with Gasteiger partial charge in [-0.2, -0.15) is 5.10 Å². The molecule has 0 atom stereocenters. The van der Waals surface area contributed by atoms with Crippen LogP contribution in [0.2, 0.25) is 0 Å². The zero-order valence-corrected chi connectivity index (χ0v) is 12.4. The number of aromatic nitrogens is 2. The molecule has 0 radical (unpaired) electrons. The Morgan fingerprint density at radius 3 is 2.72 bits per heavy atom. The summed E-state index contributed by atoms with van der Waals surface area (Å²) >= 11 is 5.84. The Morgan fingerprint density at radius 2 is 2.17 bits per heavy atom. The zero-order valence-electron chi connectivity index (χ0n) is 11.7. The topological polar surface area (TPSA) is 30.3 Å². The molecule has 0 aliphatic carbocycles. The Labute approximate surface area is 115 Å². The maximum atomic E-state index is 5.84. The van der Waals surface area contributed by atoms with Crippen LogP contribution in [-0.2, 0) is 24.2 Å². The molecule has 0 aromatic carbocycles. The molecule has 1 aromatic rings. The van der Waals surface area contributed by atoms with Gasteiger partial charge in [0.25, 0.3) is 0 Å². The molecule has 1 rings (SSSR count). The third kappa shape index (κ3) is 4.59. The van der Waals surface area contributed by atoms with Crippen molar-refractivity contribution >= 4 is 11.6 Å². The maximum absolute atomic E-state index is 5.84. The van der Waals surface area contributed by atoms with Crippen LogP contribution < -0.4 is 0 Å². The molecule has 0 saturated carbocycles. The minimum absolute atomic E-state index is 0.643. The lowest BCUT2D eigenvalue weighted by Crippen LogP contribution is -2.30. The number of hydrogen-bond acceptors (Lipinski definition) is 3. The quantitative estimate of drug-likeness (QED) is 0.646. The summed E-state index contributed by atoms with van der Waals surface area (Å²) in [5.74, 6) is 0.643. The van der Waals surface area contributed by atoms with Crippen LogP contribution in [0, 0.1) is 0 Å². The summed E-state index contributed by atoms with van der Waals surface area (Å²) in [4.78, 5) is 2.30. The Balaban J connectivity index is 2.68. The molecule has 0 N–H and O–H groups in total. The third-order valence-corrected chi connectivity index (χ3v) is 3.14. The monoisotopic (exact) mass is 273 g/mol. The summed E-state index contributed by atoms with van der Waals surface area (Å²) in [6, 6.07) is 2.19. The highest BCUT2D eigenvalue weighted by atomic mass is 35.5. The molecule has 1 heterocycles. The van der Waals surface area contributed by atoms with E-state index in [-0.39, 0.29) is 0 Å². The van der Waals surface area contributed by atoms with Crippen molar-refractivity contribution in [2.24, 2.45) is 0 Å². The van der Waals surface area contributed by atoms with Crippen molar-refractivity contribution in [3.05, 3.63) is 17.5 Å². The van der Waals surface area contributed by atoms with E-state index in [1.54, 1.807) is 7.11 Å². The highest BCUT2D eigenvalue weighted by molar-refractivity contribution is 6.18. The Kier molecular flexibility index (Phi) is 7.32. The first-order valence-corrected chi connectivity index (χ1v) is 7.11. The Hall–Kier alpha value is -0.580. The Bertz CT molecular complexity index is 341. The van der Waals surface area contributed by atoms with E-state index in [1.165, 1.54) is 5.69 Å². The largest absolute Gasteiger partial charge is 0.383 e. The molecule has 1 aromatic heterocycles. The highest BCUT2D eigenvalue weighted by Gasteiger charge is 2.10. The van der Waals surface area contributed by atoms with Crippen molar-refractivity contribution in [2.75, 3.05) is 32.7 Å². The molecule has 0 aliphatic heterocycles. The number of halogens is 1. The van der Waals surface area contributed by atoms with Crippen molar-refractivity contribution in [2.45, 2.75) is 33.4 Å². The molecule has 0 aliphatic rings. The molecular weight excluding hydrogens is 250 g/mol. The minimum Gasteiger partial charge on any atom is -0.383 e. The summed E-state index contributed by atoms with van der Waals surface area (Å²) < 4.78 is 7.21. The number of alkyl halides is 1. The Morgan fingerprint density at radius 1 is 1.39 bits per heavy atom. The molecule has 0 saturated heterocycles. The van der Waals surface area contributed by atoms with Gasteiger partial charge in [-0.05, 0) is 19.4 Å². The summed E-state index contributed by atoms with van der Waals surface area (Å²) in [5.41, 5.74) is 2.42. The van der Waals surface area contributed by atoms with E-state index in [1.807, 2.05) is 0 Å². The van der Waals surface area contributed by atoms with Gasteiger partial charge in [0.2, 0.25) is 0 Å². The second-order valence-corrected chi connectivity index (χ2v) is 4.63. The van der Waals surface area contributed by atoms with E-state index in [2.05, 4.69) is 34.6 Å². The zero-order chi connectivity index (χ0) is 13.4. The van der Waals surface area contributed by atoms with Gasteiger partial charge < -0.3 is 4.74 Å². The SMILES string of the molecule is CCc1cc(CN(CCCl)CCOC)n(CC)n1.